The topological polar surface area (TPSA) is 61.8 Å². The molecule has 3 N–H and O–H groups in total. The van der Waals surface area contributed by atoms with E-state index in [1.807, 2.05) is 18.2 Å². The number of nitrogens with zero attached hydrogens (tertiary/aromatic N) is 1. The second-order valence-electron chi connectivity index (χ2n) is 4.56. The van der Waals surface area contributed by atoms with E-state index in [4.69, 9.17) is 11.0 Å². The molecule has 1 atom stereocenters. The number of nitrogens with one attached hydrogen (secondary N) is 1. The van der Waals surface area contributed by atoms with Gasteiger partial charge in [0.05, 0.1) is 11.3 Å². The van der Waals surface area contributed by atoms with Crippen molar-refractivity contribution in [3.05, 3.63) is 29.8 Å². The van der Waals surface area contributed by atoms with Gasteiger partial charge in [0.15, 0.2) is 0 Å². The van der Waals surface area contributed by atoms with E-state index in [0.717, 1.165) is 5.69 Å². The molecule has 1 rings (SSSR count). The molecule has 1 aromatic rings. The van der Waals surface area contributed by atoms with Crippen LogP contribution in [0.1, 0.15) is 26.3 Å². The first kappa shape index (κ1) is 12.5. The average molecular weight is 217 g/mol. The van der Waals surface area contributed by atoms with E-state index in [2.05, 4.69) is 32.2 Å². The lowest BCUT2D eigenvalue weighted by molar-refractivity contribution is 0.382. The zero-order chi connectivity index (χ0) is 12.2. The fourth-order valence-electron chi connectivity index (χ4n) is 1.43. The summed E-state index contributed by atoms with van der Waals surface area (Å²) in [5, 5.41) is 12.4. The van der Waals surface area contributed by atoms with Gasteiger partial charge in [-0.2, -0.15) is 5.26 Å². The molecule has 3 heteroatoms. The molecule has 0 saturated heterocycles. The number of rotatable bonds is 4. The van der Waals surface area contributed by atoms with Crippen LogP contribution in [0, 0.1) is 17.2 Å². The number of nitrogens with two attached hydrogens (primary N) is 1. The Hall–Kier alpha value is -1.53. The van der Waals surface area contributed by atoms with Gasteiger partial charge in [-0.3, -0.25) is 0 Å². The van der Waals surface area contributed by atoms with Crippen LogP contribution in [0.3, 0.4) is 0 Å². The Bertz CT molecular complexity index is 392. The van der Waals surface area contributed by atoms with Crippen LogP contribution in [0.2, 0.25) is 0 Å². The van der Waals surface area contributed by atoms with Crippen molar-refractivity contribution in [1.29, 1.82) is 5.26 Å². The van der Waals surface area contributed by atoms with Gasteiger partial charge in [-0.05, 0) is 25.0 Å². The summed E-state index contributed by atoms with van der Waals surface area (Å²) in [7, 11) is 0. The minimum atomic E-state index is -0.188. The Morgan fingerprint density at radius 3 is 2.56 bits per heavy atom. The zero-order valence-corrected chi connectivity index (χ0v) is 10.1. The second kappa shape index (κ2) is 5.00. The summed E-state index contributed by atoms with van der Waals surface area (Å²) in [6.07, 6.45) is 0. The third kappa shape index (κ3) is 2.53. The average Bonchev–Trinajstić information content (AvgIpc) is 2.29. The Morgan fingerprint density at radius 2 is 2.06 bits per heavy atom. The molecule has 1 unspecified atom stereocenters. The number of hydrogen-bond donors (Lipinski definition) is 2. The van der Waals surface area contributed by atoms with Gasteiger partial charge < -0.3 is 11.1 Å². The molecule has 0 saturated carbocycles. The Labute approximate surface area is 97.3 Å². The van der Waals surface area contributed by atoms with E-state index in [-0.39, 0.29) is 5.54 Å². The Balaban J connectivity index is 3.00. The molecule has 0 radical (unpaired) electrons. The third-order valence-electron chi connectivity index (χ3n) is 3.17. The van der Waals surface area contributed by atoms with Gasteiger partial charge in [0.25, 0.3) is 0 Å². The molecule has 0 bridgehead atoms. The van der Waals surface area contributed by atoms with Crippen LogP contribution in [-0.4, -0.2) is 12.1 Å². The smallest absolute Gasteiger partial charge is 0.101 e. The predicted molar refractivity (Wildman–Crippen MR) is 67.1 cm³/mol. The number of para-hydroxylation sites is 1. The molecule has 0 aromatic heterocycles. The first-order valence-corrected chi connectivity index (χ1v) is 5.51. The summed E-state index contributed by atoms with van der Waals surface area (Å²) < 4.78 is 0. The normalized spacial score (nSPS) is 14.2. The molecule has 0 aliphatic rings. The summed E-state index contributed by atoms with van der Waals surface area (Å²) in [4.78, 5) is 0. The van der Waals surface area contributed by atoms with E-state index < -0.39 is 0 Å². The zero-order valence-electron chi connectivity index (χ0n) is 10.1. The van der Waals surface area contributed by atoms with E-state index in [0.29, 0.717) is 18.0 Å². The molecule has 0 aliphatic heterocycles. The standard InChI is InChI=1S/C13H19N3/c1-10(2)13(3,9-15)16-12-7-5-4-6-11(12)8-14/h4-7,10,16H,9,15H2,1-3H3. The number of benzene rings is 1. The van der Waals surface area contributed by atoms with Crippen molar-refractivity contribution in [1.82, 2.24) is 0 Å². The molecular weight excluding hydrogens is 198 g/mol. The fourth-order valence-corrected chi connectivity index (χ4v) is 1.43. The highest BCUT2D eigenvalue weighted by atomic mass is 15.0. The predicted octanol–water partition coefficient (Wildman–Crippen LogP) is 2.34. The quantitative estimate of drug-likeness (QED) is 0.813. The largest absolute Gasteiger partial charge is 0.377 e. The molecule has 0 fully saturated rings. The van der Waals surface area contributed by atoms with E-state index >= 15 is 0 Å². The minimum absolute atomic E-state index is 0.188. The summed E-state index contributed by atoms with van der Waals surface area (Å²) in [5.74, 6) is 0.393. The van der Waals surface area contributed by atoms with E-state index in [1.54, 1.807) is 6.07 Å². The Morgan fingerprint density at radius 1 is 1.44 bits per heavy atom. The monoisotopic (exact) mass is 217 g/mol. The molecule has 0 spiro atoms. The van der Waals surface area contributed by atoms with Crippen molar-refractivity contribution in [2.45, 2.75) is 26.3 Å². The van der Waals surface area contributed by atoms with Crippen molar-refractivity contribution < 1.29 is 0 Å². The highest BCUT2D eigenvalue weighted by Gasteiger charge is 2.26. The third-order valence-corrected chi connectivity index (χ3v) is 3.17. The first-order valence-electron chi connectivity index (χ1n) is 5.51. The lowest BCUT2D eigenvalue weighted by Gasteiger charge is -2.35. The summed E-state index contributed by atoms with van der Waals surface area (Å²) in [5.41, 5.74) is 7.12. The van der Waals surface area contributed by atoms with Crippen LogP contribution >= 0.6 is 0 Å². The second-order valence-corrected chi connectivity index (χ2v) is 4.56. The van der Waals surface area contributed by atoms with E-state index in [9.17, 15) is 0 Å². The van der Waals surface area contributed by atoms with Crippen molar-refractivity contribution in [3.8, 4) is 6.07 Å². The summed E-state index contributed by atoms with van der Waals surface area (Å²) in [6.45, 7) is 6.85. The molecule has 3 nitrogen and oxygen atoms in total. The van der Waals surface area contributed by atoms with Gasteiger partial charge in [-0.1, -0.05) is 26.0 Å². The lowest BCUT2D eigenvalue weighted by atomic mass is 9.88. The van der Waals surface area contributed by atoms with Gasteiger partial charge >= 0.3 is 0 Å². The maximum absolute atomic E-state index is 9.01. The molecule has 0 amide bonds. The number of anilines is 1. The van der Waals surface area contributed by atoms with Crippen LogP contribution in [-0.2, 0) is 0 Å². The van der Waals surface area contributed by atoms with Crippen LogP contribution in [0.25, 0.3) is 0 Å². The molecule has 1 aromatic carbocycles. The maximum atomic E-state index is 9.01. The molecular formula is C13H19N3. The molecule has 0 heterocycles. The van der Waals surface area contributed by atoms with Gasteiger partial charge in [0, 0.05) is 12.1 Å². The first-order chi connectivity index (χ1) is 7.53. The van der Waals surface area contributed by atoms with Gasteiger partial charge in [-0.25, -0.2) is 0 Å². The summed E-state index contributed by atoms with van der Waals surface area (Å²) in [6, 6.07) is 9.67. The highest BCUT2D eigenvalue weighted by Crippen LogP contribution is 2.24. The van der Waals surface area contributed by atoms with Crippen molar-refractivity contribution in [2.24, 2.45) is 11.7 Å². The van der Waals surface area contributed by atoms with Crippen LogP contribution in [0.5, 0.6) is 0 Å². The van der Waals surface area contributed by atoms with Crippen molar-refractivity contribution in [2.75, 3.05) is 11.9 Å². The Kier molecular flexibility index (Phi) is 3.92. The van der Waals surface area contributed by atoms with E-state index in [1.165, 1.54) is 0 Å². The van der Waals surface area contributed by atoms with Crippen molar-refractivity contribution in [3.63, 3.8) is 0 Å². The highest BCUT2D eigenvalue weighted by molar-refractivity contribution is 5.58. The van der Waals surface area contributed by atoms with Crippen LogP contribution in [0.4, 0.5) is 5.69 Å². The summed E-state index contributed by atoms with van der Waals surface area (Å²) >= 11 is 0. The minimum Gasteiger partial charge on any atom is -0.377 e. The molecule has 86 valence electrons. The van der Waals surface area contributed by atoms with Crippen LogP contribution < -0.4 is 11.1 Å². The SMILES string of the molecule is CC(C)C(C)(CN)Nc1ccccc1C#N. The fraction of sp³-hybridized carbons (Fsp3) is 0.462. The number of hydrogen-bond acceptors (Lipinski definition) is 3. The molecule has 0 aliphatic carbocycles. The lowest BCUT2D eigenvalue weighted by Crippen LogP contribution is -2.47. The molecule has 16 heavy (non-hydrogen) atoms. The number of nitriles is 1. The van der Waals surface area contributed by atoms with Crippen LogP contribution in [0.15, 0.2) is 24.3 Å². The van der Waals surface area contributed by atoms with Crippen molar-refractivity contribution >= 4 is 5.69 Å². The van der Waals surface area contributed by atoms with Gasteiger partial charge in [0.2, 0.25) is 0 Å². The maximum Gasteiger partial charge on any atom is 0.101 e. The van der Waals surface area contributed by atoms with Gasteiger partial charge in [-0.15, -0.1) is 0 Å². The van der Waals surface area contributed by atoms with Gasteiger partial charge in [0.1, 0.15) is 6.07 Å².